The first-order valence-corrected chi connectivity index (χ1v) is 16.0. The minimum atomic E-state index is 1.04. The van der Waals surface area contributed by atoms with Crippen molar-refractivity contribution >= 4 is 118 Å². The highest BCUT2D eigenvalue weighted by atomic mass is 32.3. The van der Waals surface area contributed by atoms with Gasteiger partial charge < -0.3 is 0 Å². The molecule has 0 N–H and O–H groups in total. The monoisotopic (exact) mass is 524 g/mol. The molecule has 0 amide bonds. The van der Waals surface area contributed by atoms with Crippen LogP contribution in [0.15, 0.2) is 56.3 Å². The summed E-state index contributed by atoms with van der Waals surface area (Å²) in [7, 11) is 0. The van der Waals surface area contributed by atoms with Crippen molar-refractivity contribution in [3.8, 4) is 0 Å². The smallest absolute Gasteiger partial charge is 0.134 e. The standard InChI is InChI=1S/C14H8N2S10/c1-17-7-8(18-2)22-11(21-7)12-25-13-14(26-12)24-10(23-13)9-19-5-6(20-9)16-4-3-15-5/h3-4H,1-2H3. The van der Waals surface area contributed by atoms with Gasteiger partial charge in [0, 0.05) is 12.4 Å². The van der Waals surface area contributed by atoms with E-state index in [-0.39, 0.29) is 0 Å². The van der Waals surface area contributed by atoms with E-state index in [4.69, 9.17) is 0 Å². The number of hydrogen-bond acceptors (Lipinski definition) is 12. The molecule has 2 nitrogen and oxygen atoms in total. The van der Waals surface area contributed by atoms with Gasteiger partial charge in [-0.05, 0) is 12.5 Å². The maximum Gasteiger partial charge on any atom is 0.134 e. The van der Waals surface area contributed by atoms with Gasteiger partial charge >= 0.3 is 0 Å². The summed E-state index contributed by atoms with van der Waals surface area (Å²) in [6.45, 7) is 0. The van der Waals surface area contributed by atoms with Crippen molar-refractivity contribution < 1.29 is 0 Å². The van der Waals surface area contributed by atoms with Crippen molar-refractivity contribution in [1.29, 1.82) is 0 Å². The Kier molecular flexibility index (Phi) is 6.26. The molecule has 0 fully saturated rings. The van der Waals surface area contributed by atoms with Crippen molar-refractivity contribution in [2.24, 2.45) is 0 Å². The lowest BCUT2D eigenvalue weighted by Crippen LogP contribution is -1.79. The van der Waals surface area contributed by atoms with E-state index in [2.05, 4.69) is 22.5 Å². The number of nitrogens with zero attached hydrogens (tertiary/aromatic N) is 2. The topological polar surface area (TPSA) is 25.8 Å². The molecule has 1 aromatic heterocycles. The first-order valence-electron chi connectivity index (χ1n) is 7.04. The zero-order valence-corrected chi connectivity index (χ0v) is 21.3. The first kappa shape index (κ1) is 19.5. The third kappa shape index (κ3) is 3.69. The molecule has 0 saturated carbocycles. The molecule has 0 spiro atoms. The molecule has 12 heteroatoms. The highest BCUT2D eigenvalue weighted by Crippen LogP contribution is 2.72. The zero-order valence-electron chi connectivity index (χ0n) is 13.1. The van der Waals surface area contributed by atoms with Gasteiger partial charge in [0.1, 0.15) is 10.1 Å². The van der Waals surface area contributed by atoms with Gasteiger partial charge in [-0.1, -0.05) is 94.1 Å². The second kappa shape index (κ2) is 8.35. The zero-order chi connectivity index (χ0) is 17.7. The molecule has 4 aliphatic rings. The summed E-state index contributed by atoms with van der Waals surface area (Å²) in [6.07, 6.45) is 7.88. The minimum Gasteiger partial charge on any atom is -0.245 e. The summed E-state index contributed by atoms with van der Waals surface area (Å²) in [5.74, 6) is 0. The van der Waals surface area contributed by atoms with Crippen LogP contribution in [0.4, 0.5) is 0 Å². The van der Waals surface area contributed by atoms with E-state index in [1.165, 1.54) is 33.9 Å². The van der Waals surface area contributed by atoms with Crippen LogP contribution in [0.1, 0.15) is 0 Å². The molecular formula is C14H8N2S10. The predicted molar refractivity (Wildman–Crippen MR) is 134 cm³/mol. The average Bonchev–Trinajstić information content (AvgIpc) is 3.39. The fourth-order valence-electron chi connectivity index (χ4n) is 2.09. The Balaban J connectivity index is 1.30. The highest BCUT2D eigenvalue weighted by Gasteiger charge is 2.36. The van der Waals surface area contributed by atoms with Crippen LogP contribution in [-0.4, -0.2) is 22.5 Å². The van der Waals surface area contributed by atoms with Crippen molar-refractivity contribution in [3.63, 3.8) is 0 Å². The maximum atomic E-state index is 4.43. The predicted octanol–water partition coefficient (Wildman–Crippen LogP) is 8.35. The number of rotatable bonds is 2. The Bertz CT molecular complexity index is 864. The summed E-state index contributed by atoms with van der Waals surface area (Å²) in [5, 5.41) is 2.07. The third-order valence-corrected chi connectivity index (χ3v) is 17.4. The van der Waals surface area contributed by atoms with E-state index in [0.29, 0.717) is 0 Å². The minimum absolute atomic E-state index is 1.04. The summed E-state index contributed by atoms with van der Waals surface area (Å²) >= 11 is 18.8. The summed E-state index contributed by atoms with van der Waals surface area (Å²) < 4.78 is 11.4. The van der Waals surface area contributed by atoms with Crippen molar-refractivity contribution in [1.82, 2.24) is 9.97 Å². The van der Waals surface area contributed by atoms with E-state index >= 15 is 0 Å². The van der Waals surface area contributed by atoms with Crippen LogP contribution < -0.4 is 0 Å². The molecule has 0 radical (unpaired) electrons. The molecule has 0 bridgehead atoms. The lowest BCUT2D eigenvalue weighted by Gasteiger charge is -2.06. The van der Waals surface area contributed by atoms with Gasteiger partial charge in [0.15, 0.2) is 0 Å². The Labute approximate surface area is 194 Å². The van der Waals surface area contributed by atoms with Gasteiger partial charge in [0.25, 0.3) is 0 Å². The molecule has 1 aromatic rings. The van der Waals surface area contributed by atoms with E-state index in [0.717, 1.165) is 10.1 Å². The lowest BCUT2D eigenvalue weighted by molar-refractivity contribution is 0.930. The van der Waals surface area contributed by atoms with Crippen LogP contribution in [0.2, 0.25) is 0 Å². The molecular weight excluding hydrogens is 517 g/mol. The van der Waals surface area contributed by atoms with Crippen LogP contribution in [0.5, 0.6) is 0 Å². The molecule has 0 unspecified atom stereocenters. The molecule has 4 aliphatic heterocycles. The Morgan fingerprint density at radius 1 is 0.538 bits per heavy atom. The van der Waals surface area contributed by atoms with Crippen LogP contribution in [0.3, 0.4) is 0 Å². The fourth-order valence-corrected chi connectivity index (χ4v) is 16.3. The first-order chi connectivity index (χ1) is 12.7. The van der Waals surface area contributed by atoms with E-state index < -0.39 is 0 Å². The molecule has 0 saturated heterocycles. The van der Waals surface area contributed by atoms with Crippen LogP contribution in [0.25, 0.3) is 0 Å². The molecule has 5 rings (SSSR count). The quantitative estimate of drug-likeness (QED) is 0.372. The lowest BCUT2D eigenvalue weighted by atomic mass is 10.8. The van der Waals surface area contributed by atoms with E-state index in [1.807, 2.05) is 94.1 Å². The van der Waals surface area contributed by atoms with Crippen LogP contribution in [0, 0.1) is 0 Å². The number of thioether (sulfide) groups is 10. The number of fused-ring (bicyclic) bond motifs is 1. The maximum absolute atomic E-state index is 4.43. The molecule has 0 aromatic carbocycles. The Hall–Kier alpha value is 1.54. The normalized spacial score (nSPS) is 22.2. The van der Waals surface area contributed by atoms with Crippen molar-refractivity contribution in [2.75, 3.05) is 12.5 Å². The van der Waals surface area contributed by atoms with Gasteiger partial charge in [-0.3, -0.25) is 0 Å². The van der Waals surface area contributed by atoms with Gasteiger partial charge in [-0.2, -0.15) is 0 Å². The van der Waals surface area contributed by atoms with Gasteiger partial charge in [0.05, 0.1) is 33.9 Å². The van der Waals surface area contributed by atoms with Crippen molar-refractivity contribution in [2.45, 2.75) is 10.1 Å². The van der Waals surface area contributed by atoms with Crippen molar-refractivity contribution in [3.05, 3.63) is 46.3 Å². The largest absolute Gasteiger partial charge is 0.245 e. The summed E-state index contributed by atoms with van der Waals surface area (Å²) in [6, 6.07) is 0. The second-order valence-corrected chi connectivity index (χ2v) is 16.5. The van der Waals surface area contributed by atoms with E-state index in [1.54, 1.807) is 35.9 Å². The highest BCUT2D eigenvalue weighted by molar-refractivity contribution is 8.50. The third-order valence-electron chi connectivity index (χ3n) is 3.16. The van der Waals surface area contributed by atoms with E-state index in [9.17, 15) is 0 Å². The average molecular weight is 525 g/mol. The Morgan fingerprint density at radius 2 is 0.885 bits per heavy atom. The summed E-state index contributed by atoms with van der Waals surface area (Å²) in [4.78, 5) is 8.86. The molecule has 5 heterocycles. The Morgan fingerprint density at radius 3 is 1.27 bits per heavy atom. The SMILES string of the molecule is CSC1=C(SC)SC(=C2SC3=C(S2)SC(=C2Sc4nccnc4S2)S3)S1. The number of hydrogen-bond donors (Lipinski definition) is 0. The fraction of sp³-hybridized carbons (Fsp3) is 0.143. The molecule has 26 heavy (non-hydrogen) atoms. The second-order valence-electron chi connectivity index (χ2n) is 4.69. The molecule has 0 atom stereocenters. The van der Waals surface area contributed by atoms with Crippen LogP contribution in [-0.2, 0) is 0 Å². The summed E-state index contributed by atoms with van der Waals surface area (Å²) in [5.41, 5.74) is 0. The number of aromatic nitrogens is 2. The molecule has 0 aliphatic carbocycles. The van der Waals surface area contributed by atoms with Gasteiger partial charge in [0.2, 0.25) is 0 Å². The van der Waals surface area contributed by atoms with Gasteiger partial charge in [-0.15, -0.1) is 23.5 Å². The van der Waals surface area contributed by atoms with Gasteiger partial charge in [-0.25, -0.2) is 9.97 Å². The molecule has 134 valence electrons. The van der Waals surface area contributed by atoms with Crippen LogP contribution >= 0.6 is 118 Å².